The van der Waals surface area contributed by atoms with Crippen molar-refractivity contribution in [2.75, 3.05) is 13.6 Å². The zero-order chi connectivity index (χ0) is 6.69. The van der Waals surface area contributed by atoms with Crippen molar-refractivity contribution in [2.24, 2.45) is 10.3 Å². The molecule has 0 fully saturated rings. The predicted octanol–water partition coefficient (Wildman–Crippen LogP) is 0.138. The summed E-state index contributed by atoms with van der Waals surface area (Å²) in [4.78, 5) is 0. The van der Waals surface area contributed by atoms with Gasteiger partial charge < -0.3 is 5.21 Å². The standard InChI is InChI=1S/C5H9N3O/c1-8-3-2-5(7-8)4-6-9/h4,9H,2-3H2,1H3/b6-4+. The summed E-state index contributed by atoms with van der Waals surface area (Å²) in [5.41, 5.74) is 0.833. The lowest BCUT2D eigenvalue weighted by Crippen LogP contribution is -2.04. The van der Waals surface area contributed by atoms with E-state index in [-0.39, 0.29) is 0 Å². The van der Waals surface area contributed by atoms with Crippen molar-refractivity contribution in [1.82, 2.24) is 5.01 Å². The minimum atomic E-state index is 0.833. The van der Waals surface area contributed by atoms with Gasteiger partial charge in [0.1, 0.15) is 0 Å². The zero-order valence-corrected chi connectivity index (χ0v) is 5.28. The summed E-state index contributed by atoms with van der Waals surface area (Å²) in [6.45, 7) is 0.918. The monoisotopic (exact) mass is 127 g/mol. The minimum absolute atomic E-state index is 0.833. The molecule has 0 radical (unpaired) electrons. The lowest BCUT2D eigenvalue weighted by atomic mass is 10.3. The molecule has 4 nitrogen and oxygen atoms in total. The Morgan fingerprint density at radius 3 is 3.11 bits per heavy atom. The highest BCUT2D eigenvalue weighted by Crippen LogP contribution is 1.99. The Balaban J connectivity index is 2.52. The molecule has 50 valence electrons. The topological polar surface area (TPSA) is 48.2 Å². The fourth-order valence-corrected chi connectivity index (χ4v) is 0.753. The van der Waals surface area contributed by atoms with Crippen molar-refractivity contribution >= 4 is 11.9 Å². The smallest absolute Gasteiger partial charge is 0.0894 e. The molecule has 0 spiro atoms. The van der Waals surface area contributed by atoms with E-state index in [1.807, 2.05) is 12.1 Å². The van der Waals surface area contributed by atoms with Gasteiger partial charge in [-0.1, -0.05) is 5.16 Å². The maximum Gasteiger partial charge on any atom is 0.0894 e. The van der Waals surface area contributed by atoms with Crippen LogP contribution in [0.25, 0.3) is 0 Å². The highest BCUT2D eigenvalue weighted by Gasteiger charge is 2.07. The third-order valence-corrected chi connectivity index (χ3v) is 1.20. The van der Waals surface area contributed by atoms with Gasteiger partial charge in [-0.25, -0.2) is 0 Å². The average Bonchev–Trinajstić information content (AvgIpc) is 2.17. The van der Waals surface area contributed by atoms with Crippen molar-refractivity contribution < 1.29 is 5.21 Å². The molecule has 0 aromatic rings. The SMILES string of the molecule is CN1CCC(/C=N/O)=N1. The van der Waals surface area contributed by atoms with E-state index in [0.29, 0.717) is 0 Å². The average molecular weight is 127 g/mol. The van der Waals surface area contributed by atoms with E-state index in [1.54, 1.807) is 0 Å². The molecule has 0 aliphatic carbocycles. The Morgan fingerprint density at radius 1 is 1.89 bits per heavy atom. The van der Waals surface area contributed by atoms with E-state index in [9.17, 15) is 0 Å². The molecule has 0 unspecified atom stereocenters. The first-order chi connectivity index (χ1) is 4.33. The molecule has 1 N–H and O–H groups in total. The van der Waals surface area contributed by atoms with E-state index < -0.39 is 0 Å². The Kier molecular flexibility index (Phi) is 1.67. The second-order valence-corrected chi connectivity index (χ2v) is 1.97. The zero-order valence-electron chi connectivity index (χ0n) is 5.28. The Morgan fingerprint density at radius 2 is 2.67 bits per heavy atom. The molecule has 0 atom stereocenters. The van der Waals surface area contributed by atoms with Crippen LogP contribution < -0.4 is 0 Å². The van der Waals surface area contributed by atoms with Crippen molar-refractivity contribution in [3.63, 3.8) is 0 Å². The normalized spacial score (nSPS) is 19.2. The van der Waals surface area contributed by atoms with Crippen molar-refractivity contribution in [3.8, 4) is 0 Å². The van der Waals surface area contributed by atoms with Gasteiger partial charge >= 0.3 is 0 Å². The second-order valence-electron chi connectivity index (χ2n) is 1.97. The first kappa shape index (κ1) is 6.07. The van der Waals surface area contributed by atoms with Crippen LogP contribution in [0.1, 0.15) is 6.42 Å². The molecule has 1 aliphatic rings. The number of oxime groups is 1. The first-order valence-corrected chi connectivity index (χ1v) is 2.79. The van der Waals surface area contributed by atoms with Gasteiger partial charge in [0.05, 0.1) is 11.9 Å². The lowest BCUT2D eigenvalue weighted by Gasteiger charge is -2.00. The van der Waals surface area contributed by atoms with Gasteiger partial charge in [0.2, 0.25) is 0 Å². The molecular weight excluding hydrogens is 118 g/mol. The summed E-state index contributed by atoms with van der Waals surface area (Å²) in [5.74, 6) is 0. The quantitative estimate of drug-likeness (QED) is 0.309. The van der Waals surface area contributed by atoms with Crippen LogP contribution in [0.3, 0.4) is 0 Å². The first-order valence-electron chi connectivity index (χ1n) is 2.79. The van der Waals surface area contributed by atoms with E-state index in [1.165, 1.54) is 6.21 Å². The molecule has 1 rings (SSSR count). The van der Waals surface area contributed by atoms with Crippen LogP contribution in [0.5, 0.6) is 0 Å². The summed E-state index contributed by atoms with van der Waals surface area (Å²) in [6.07, 6.45) is 2.24. The van der Waals surface area contributed by atoms with Gasteiger partial charge in [-0.05, 0) is 0 Å². The molecule has 4 heteroatoms. The summed E-state index contributed by atoms with van der Waals surface area (Å²) < 4.78 is 0. The molecule has 0 aromatic carbocycles. The van der Waals surface area contributed by atoms with Crippen LogP contribution in [-0.4, -0.2) is 35.7 Å². The van der Waals surface area contributed by atoms with E-state index in [2.05, 4.69) is 10.3 Å². The van der Waals surface area contributed by atoms with Crippen LogP contribution >= 0.6 is 0 Å². The molecule has 9 heavy (non-hydrogen) atoms. The van der Waals surface area contributed by atoms with E-state index >= 15 is 0 Å². The second kappa shape index (κ2) is 2.48. The number of nitrogens with zero attached hydrogens (tertiary/aromatic N) is 3. The predicted molar refractivity (Wildman–Crippen MR) is 35.0 cm³/mol. The number of hydrogen-bond acceptors (Lipinski definition) is 4. The van der Waals surface area contributed by atoms with Gasteiger partial charge in [0.25, 0.3) is 0 Å². The maximum absolute atomic E-state index is 8.08. The molecular formula is C5H9N3O. The van der Waals surface area contributed by atoms with Crippen LogP contribution in [0, 0.1) is 0 Å². The molecule has 0 bridgehead atoms. The number of rotatable bonds is 1. The molecule has 0 saturated carbocycles. The Bertz CT molecular complexity index is 152. The van der Waals surface area contributed by atoms with Crippen molar-refractivity contribution in [1.29, 1.82) is 0 Å². The van der Waals surface area contributed by atoms with Crippen LogP contribution in [-0.2, 0) is 0 Å². The fourth-order valence-electron chi connectivity index (χ4n) is 0.753. The molecule has 1 aliphatic heterocycles. The van der Waals surface area contributed by atoms with Crippen LogP contribution in [0.2, 0.25) is 0 Å². The molecule has 0 amide bonds. The van der Waals surface area contributed by atoms with Crippen molar-refractivity contribution in [2.45, 2.75) is 6.42 Å². The summed E-state index contributed by atoms with van der Waals surface area (Å²) in [7, 11) is 1.89. The van der Waals surface area contributed by atoms with Gasteiger partial charge in [-0.15, -0.1) is 0 Å². The Labute approximate surface area is 53.5 Å². The largest absolute Gasteiger partial charge is 0.411 e. The van der Waals surface area contributed by atoms with Gasteiger partial charge in [0, 0.05) is 20.0 Å². The van der Waals surface area contributed by atoms with Gasteiger partial charge in [0.15, 0.2) is 0 Å². The lowest BCUT2D eigenvalue weighted by molar-refractivity contribution is 0.322. The maximum atomic E-state index is 8.08. The van der Waals surface area contributed by atoms with E-state index in [0.717, 1.165) is 18.7 Å². The van der Waals surface area contributed by atoms with Crippen LogP contribution in [0.15, 0.2) is 10.3 Å². The Hall–Kier alpha value is -1.06. The number of hydrogen-bond donors (Lipinski definition) is 1. The summed E-state index contributed by atoms with van der Waals surface area (Å²) in [6, 6.07) is 0. The number of hydrazone groups is 1. The van der Waals surface area contributed by atoms with Gasteiger partial charge in [-0.3, -0.25) is 5.01 Å². The van der Waals surface area contributed by atoms with Gasteiger partial charge in [-0.2, -0.15) is 5.10 Å². The third-order valence-electron chi connectivity index (χ3n) is 1.20. The van der Waals surface area contributed by atoms with E-state index in [4.69, 9.17) is 5.21 Å². The van der Waals surface area contributed by atoms with Crippen molar-refractivity contribution in [3.05, 3.63) is 0 Å². The third kappa shape index (κ3) is 1.42. The molecule has 0 saturated heterocycles. The molecule has 1 heterocycles. The van der Waals surface area contributed by atoms with Crippen LogP contribution in [0.4, 0.5) is 0 Å². The minimum Gasteiger partial charge on any atom is -0.411 e. The molecule has 0 aromatic heterocycles. The highest BCUT2D eigenvalue weighted by molar-refractivity contribution is 6.30. The summed E-state index contributed by atoms with van der Waals surface area (Å²) in [5, 5.41) is 16.8. The summed E-state index contributed by atoms with van der Waals surface area (Å²) >= 11 is 0. The fraction of sp³-hybridized carbons (Fsp3) is 0.600. The highest BCUT2D eigenvalue weighted by atomic mass is 16.4.